The molecular weight excluding hydrogens is 410 g/mol. The van der Waals surface area contributed by atoms with Gasteiger partial charge < -0.3 is 0 Å². The van der Waals surface area contributed by atoms with Gasteiger partial charge in [-0.15, -0.1) is 0 Å². The van der Waals surface area contributed by atoms with Crippen LogP contribution < -0.4 is 4.31 Å². The van der Waals surface area contributed by atoms with E-state index >= 15 is 0 Å². The van der Waals surface area contributed by atoms with Crippen LogP contribution in [0.3, 0.4) is 0 Å². The summed E-state index contributed by atoms with van der Waals surface area (Å²) in [5, 5.41) is 9.76. The Morgan fingerprint density at radius 2 is 1.88 bits per heavy atom. The number of carbonyl (C=O) groups excluding carboxylic acids is 1. The Bertz CT molecular complexity index is 984. The first kappa shape index (κ1) is 20.1. The zero-order chi connectivity index (χ0) is 19.6. The molecule has 0 N–H and O–H groups in total. The molecule has 0 heterocycles. The summed E-state index contributed by atoms with van der Waals surface area (Å²) < 4.78 is 40.1. The van der Waals surface area contributed by atoms with Crippen molar-refractivity contribution in [2.24, 2.45) is 0 Å². The Kier molecular flexibility index (Phi) is 5.84. The van der Waals surface area contributed by atoms with E-state index in [1.807, 2.05) is 0 Å². The summed E-state index contributed by atoms with van der Waals surface area (Å²) in [6.07, 6.45) is 0. The minimum atomic E-state index is -4.60. The van der Waals surface area contributed by atoms with Crippen LogP contribution in [0.25, 0.3) is 0 Å². The van der Waals surface area contributed by atoms with Crippen LogP contribution >= 0.6 is 23.2 Å². The molecule has 138 valence electrons. The third kappa shape index (κ3) is 3.79. The van der Waals surface area contributed by atoms with Crippen molar-refractivity contribution >= 4 is 49.8 Å². The normalized spacial score (nSPS) is 12.5. The highest BCUT2D eigenvalue weighted by atomic mass is 35.5. The maximum absolute atomic E-state index is 13.4. The molecule has 0 amide bonds. The smallest absolute Gasteiger partial charge is 0.279 e. The number of sulfonamides is 1. The van der Waals surface area contributed by atoms with Crippen molar-refractivity contribution in [2.45, 2.75) is 17.9 Å². The first-order valence-electron chi connectivity index (χ1n) is 6.99. The molecule has 0 aromatic heterocycles. The summed E-state index contributed by atoms with van der Waals surface area (Å²) in [4.78, 5) is 21.3. The molecule has 0 saturated carbocycles. The van der Waals surface area contributed by atoms with Gasteiger partial charge in [0.1, 0.15) is 11.9 Å². The molecule has 7 nitrogen and oxygen atoms in total. The number of benzene rings is 2. The molecule has 1 atom stereocenters. The van der Waals surface area contributed by atoms with E-state index in [-0.39, 0.29) is 10.7 Å². The number of nitrogens with zero attached hydrogens (tertiary/aromatic N) is 2. The number of anilines is 1. The van der Waals surface area contributed by atoms with Crippen LogP contribution in [-0.2, 0) is 14.8 Å². The Labute approximate surface area is 158 Å². The summed E-state index contributed by atoms with van der Waals surface area (Å²) in [6, 6.07) is 6.17. The molecule has 2 rings (SSSR count). The summed E-state index contributed by atoms with van der Waals surface area (Å²) in [6.45, 7) is 1.19. The number of hydrogen-bond acceptors (Lipinski definition) is 5. The number of para-hydroxylation sites is 1. The van der Waals surface area contributed by atoms with Gasteiger partial charge in [0.05, 0.1) is 15.6 Å². The Morgan fingerprint density at radius 1 is 1.27 bits per heavy atom. The van der Waals surface area contributed by atoms with Crippen molar-refractivity contribution in [1.82, 2.24) is 0 Å². The summed E-state index contributed by atoms with van der Waals surface area (Å²) in [7, 11) is -4.60. The number of rotatable bonds is 6. The standard InChI is InChI=1S/C15H11Cl2FN2O5S/c1-9(15(17)21)19(10-6-7-12(18)11(16)8-10)26(24,25)14-5-3-2-4-13(14)20(22)23/h2-9H,1H3. The maximum atomic E-state index is 13.4. The molecule has 0 aliphatic heterocycles. The van der Waals surface area contributed by atoms with Crippen molar-refractivity contribution in [3.63, 3.8) is 0 Å². The highest BCUT2D eigenvalue weighted by molar-refractivity contribution is 7.93. The molecule has 11 heteroatoms. The molecule has 0 fully saturated rings. The zero-order valence-corrected chi connectivity index (χ0v) is 15.4. The van der Waals surface area contributed by atoms with Gasteiger partial charge in [-0.1, -0.05) is 23.7 Å². The van der Waals surface area contributed by atoms with E-state index in [4.69, 9.17) is 23.2 Å². The van der Waals surface area contributed by atoms with Crippen LogP contribution in [0.15, 0.2) is 47.4 Å². The number of halogens is 3. The van der Waals surface area contributed by atoms with Crippen LogP contribution in [0.5, 0.6) is 0 Å². The van der Waals surface area contributed by atoms with Gasteiger partial charge in [0.2, 0.25) is 5.24 Å². The van der Waals surface area contributed by atoms with E-state index in [2.05, 4.69) is 0 Å². The number of nitro benzene ring substituents is 1. The third-order valence-corrected chi connectivity index (χ3v) is 5.99. The molecule has 0 aliphatic rings. The molecule has 26 heavy (non-hydrogen) atoms. The van der Waals surface area contributed by atoms with Crippen LogP contribution in [-0.4, -0.2) is 24.6 Å². The predicted molar refractivity (Wildman–Crippen MR) is 94.5 cm³/mol. The van der Waals surface area contributed by atoms with E-state index in [1.165, 1.54) is 19.1 Å². The van der Waals surface area contributed by atoms with Crippen molar-refractivity contribution in [3.05, 3.63) is 63.4 Å². The average molecular weight is 421 g/mol. The largest absolute Gasteiger partial charge is 0.289 e. The molecule has 0 aliphatic carbocycles. The second kappa shape index (κ2) is 7.56. The first-order valence-corrected chi connectivity index (χ1v) is 9.19. The molecule has 2 aromatic carbocycles. The van der Waals surface area contributed by atoms with E-state index in [0.29, 0.717) is 4.31 Å². The summed E-state index contributed by atoms with van der Waals surface area (Å²) in [5.74, 6) is -0.802. The van der Waals surface area contributed by atoms with E-state index in [1.54, 1.807) is 0 Å². The van der Waals surface area contributed by atoms with E-state index in [0.717, 1.165) is 30.3 Å². The lowest BCUT2D eigenvalue weighted by Gasteiger charge is -2.28. The second-order valence-corrected chi connectivity index (χ2v) is 7.67. The van der Waals surface area contributed by atoms with Crippen molar-refractivity contribution < 1.29 is 22.5 Å². The van der Waals surface area contributed by atoms with Gasteiger partial charge in [-0.2, -0.15) is 0 Å². The lowest BCUT2D eigenvalue weighted by Crippen LogP contribution is -2.42. The van der Waals surface area contributed by atoms with Crippen LogP contribution in [0.1, 0.15) is 6.92 Å². The Hall–Kier alpha value is -2.23. The minimum absolute atomic E-state index is 0.170. The highest BCUT2D eigenvalue weighted by Gasteiger charge is 2.37. The van der Waals surface area contributed by atoms with Gasteiger partial charge in [0, 0.05) is 6.07 Å². The predicted octanol–water partition coefficient (Wildman–Crippen LogP) is 3.74. The summed E-state index contributed by atoms with van der Waals surface area (Å²) in [5.41, 5.74) is -0.851. The highest BCUT2D eigenvalue weighted by Crippen LogP contribution is 2.33. The topological polar surface area (TPSA) is 97.6 Å². The van der Waals surface area contributed by atoms with Crippen molar-refractivity contribution in [3.8, 4) is 0 Å². The Balaban J connectivity index is 2.75. The molecule has 0 spiro atoms. The fraction of sp³-hybridized carbons (Fsp3) is 0.133. The van der Waals surface area contributed by atoms with E-state index < -0.39 is 42.6 Å². The second-order valence-electron chi connectivity index (χ2n) is 5.10. The van der Waals surface area contributed by atoms with Crippen LogP contribution in [0.4, 0.5) is 15.8 Å². The van der Waals surface area contributed by atoms with Gasteiger partial charge >= 0.3 is 0 Å². The van der Waals surface area contributed by atoms with Gasteiger partial charge in [-0.05, 0) is 42.8 Å². The molecule has 2 aromatic rings. The quantitative estimate of drug-likeness (QED) is 0.402. The Morgan fingerprint density at radius 3 is 2.42 bits per heavy atom. The first-order chi connectivity index (χ1) is 12.1. The fourth-order valence-corrected chi connectivity index (χ4v) is 4.32. The zero-order valence-electron chi connectivity index (χ0n) is 13.1. The molecule has 0 bridgehead atoms. The molecule has 0 radical (unpaired) electrons. The summed E-state index contributed by atoms with van der Waals surface area (Å²) >= 11 is 11.2. The minimum Gasteiger partial charge on any atom is -0.279 e. The van der Waals surface area contributed by atoms with Gasteiger partial charge in [-0.25, -0.2) is 12.8 Å². The third-order valence-electron chi connectivity index (χ3n) is 3.44. The van der Waals surface area contributed by atoms with Crippen molar-refractivity contribution in [2.75, 3.05) is 4.31 Å². The van der Waals surface area contributed by atoms with Crippen LogP contribution in [0, 0.1) is 15.9 Å². The number of hydrogen-bond donors (Lipinski definition) is 0. The lowest BCUT2D eigenvalue weighted by atomic mass is 10.2. The molecule has 1 unspecified atom stereocenters. The number of nitro groups is 1. The number of carbonyl (C=O) groups is 1. The van der Waals surface area contributed by atoms with Crippen LogP contribution in [0.2, 0.25) is 5.02 Å². The lowest BCUT2D eigenvalue weighted by molar-refractivity contribution is -0.387. The van der Waals surface area contributed by atoms with Crippen molar-refractivity contribution in [1.29, 1.82) is 0 Å². The monoisotopic (exact) mass is 420 g/mol. The molecular formula is C15H11Cl2FN2O5S. The average Bonchev–Trinajstić information content (AvgIpc) is 2.57. The fourth-order valence-electron chi connectivity index (χ4n) is 2.22. The molecule has 0 saturated heterocycles. The van der Waals surface area contributed by atoms with E-state index in [9.17, 15) is 27.7 Å². The van der Waals surface area contributed by atoms with Gasteiger partial charge in [0.15, 0.2) is 4.90 Å². The SMILES string of the molecule is CC(C(=O)Cl)N(c1ccc(F)c(Cl)c1)S(=O)(=O)c1ccccc1[N+](=O)[O-]. The van der Waals surface area contributed by atoms with Gasteiger partial charge in [0.25, 0.3) is 15.7 Å². The van der Waals surface area contributed by atoms with Gasteiger partial charge in [-0.3, -0.25) is 19.2 Å². The maximum Gasteiger partial charge on any atom is 0.289 e.